The second-order valence-corrected chi connectivity index (χ2v) is 8.91. The third-order valence-corrected chi connectivity index (χ3v) is 6.19. The average molecular weight is 554 g/mol. The van der Waals surface area contributed by atoms with E-state index in [1.165, 1.54) is 18.9 Å². The summed E-state index contributed by atoms with van der Waals surface area (Å²) in [6.45, 7) is 1.94. The van der Waals surface area contributed by atoms with Crippen LogP contribution in [0.5, 0.6) is 5.75 Å². The van der Waals surface area contributed by atoms with Gasteiger partial charge in [0.25, 0.3) is 5.91 Å². The molecule has 174 valence electrons. The van der Waals surface area contributed by atoms with Crippen molar-refractivity contribution in [3.63, 3.8) is 0 Å². The Kier molecular flexibility index (Phi) is 8.28. The molecule has 11 heteroatoms. The molecule has 2 N–H and O–H groups in total. The van der Waals surface area contributed by atoms with Gasteiger partial charge in [0, 0.05) is 30.2 Å². The number of nitrogens with zero attached hydrogens (tertiary/aromatic N) is 2. The maximum absolute atomic E-state index is 13.4. The van der Waals surface area contributed by atoms with Crippen LogP contribution in [-0.2, 0) is 14.4 Å². The van der Waals surface area contributed by atoms with E-state index in [2.05, 4.69) is 26.6 Å². The van der Waals surface area contributed by atoms with Crippen LogP contribution in [0.15, 0.2) is 46.9 Å². The van der Waals surface area contributed by atoms with Crippen LogP contribution < -0.4 is 20.3 Å². The fourth-order valence-corrected chi connectivity index (χ4v) is 4.32. The summed E-state index contributed by atoms with van der Waals surface area (Å²) in [6, 6.07) is 11.2. The lowest BCUT2D eigenvalue weighted by molar-refractivity contribution is -0.124. The zero-order valence-electron chi connectivity index (χ0n) is 17.9. The zero-order chi connectivity index (χ0) is 24.1. The molecule has 1 atom stereocenters. The van der Waals surface area contributed by atoms with Gasteiger partial charge in [0.15, 0.2) is 5.11 Å². The minimum Gasteiger partial charge on any atom is -0.495 e. The molecule has 33 heavy (non-hydrogen) atoms. The number of nitrogens with one attached hydrogen (secondary N) is 2. The second kappa shape index (κ2) is 11.0. The predicted octanol–water partition coefficient (Wildman–Crippen LogP) is 3.58. The first kappa shape index (κ1) is 24.9. The Morgan fingerprint density at radius 3 is 2.52 bits per heavy atom. The summed E-state index contributed by atoms with van der Waals surface area (Å²) < 4.78 is 6.06. The van der Waals surface area contributed by atoms with Crippen LogP contribution in [0.4, 0.5) is 11.4 Å². The van der Waals surface area contributed by atoms with Crippen LogP contribution in [0.3, 0.4) is 0 Å². The highest BCUT2D eigenvalue weighted by molar-refractivity contribution is 9.10. The summed E-state index contributed by atoms with van der Waals surface area (Å²) >= 11 is 15.2. The lowest BCUT2D eigenvalue weighted by atomic mass is 10.1. The van der Waals surface area contributed by atoms with Gasteiger partial charge in [0.1, 0.15) is 11.8 Å². The summed E-state index contributed by atoms with van der Waals surface area (Å²) in [6.07, 6.45) is -0.116. The lowest BCUT2D eigenvalue weighted by Gasteiger charge is -2.24. The largest absolute Gasteiger partial charge is 0.495 e. The van der Waals surface area contributed by atoms with Gasteiger partial charge in [-0.05, 0) is 54.7 Å². The van der Waals surface area contributed by atoms with E-state index in [4.69, 9.17) is 28.6 Å². The molecule has 1 heterocycles. The van der Waals surface area contributed by atoms with Crippen LogP contribution in [0.25, 0.3) is 0 Å². The van der Waals surface area contributed by atoms with Crippen LogP contribution in [-0.4, -0.2) is 54.0 Å². The van der Waals surface area contributed by atoms with Gasteiger partial charge in [-0.15, -0.1) is 0 Å². The van der Waals surface area contributed by atoms with Crippen molar-refractivity contribution in [2.75, 3.05) is 30.4 Å². The van der Waals surface area contributed by atoms with E-state index in [9.17, 15) is 14.4 Å². The van der Waals surface area contributed by atoms with E-state index >= 15 is 0 Å². The SMILES string of the molecule is COc1ccc(N2C(=O)[C@H](CC(=O)Nc3ccc(Br)cc3)N(CCNC(C)=O)C2=S)cc1Cl. The number of carbonyl (C=O) groups is 3. The monoisotopic (exact) mass is 552 g/mol. The van der Waals surface area contributed by atoms with Gasteiger partial charge in [-0.25, -0.2) is 0 Å². The first-order valence-electron chi connectivity index (χ1n) is 9.99. The number of anilines is 2. The van der Waals surface area contributed by atoms with Crippen molar-refractivity contribution in [2.24, 2.45) is 0 Å². The highest BCUT2D eigenvalue weighted by atomic mass is 79.9. The number of hydrogen-bond acceptors (Lipinski definition) is 5. The quantitative estimate of drug-likeness (QED) is 0.486. The Morgan fingerprint density at radius 1 is 1.21 bits per heavy atom. The molecule has 3 rings (SSSR count). The molecule has 0 unspecified atom stereocenters. The molecule has 0 aromatic heterocycles. The minimum absolute atomic E-state index is 0.116. The van der Waals surface area contributed by atoms with Crippen molar-refractivity contribution in [2.45, 2.75) is 19.4 Å². The van der Waals surface area contributed by atoms with Crippen molar-refractivity contribution in [1.29, 1.82) is 0 Å². The summed E-state index contributed by atoms with van der Waals surface area (Å²) in [4.78, 5) is 40.4. The maximum atomic E-state index is 13.4. The van der Waals surface area contributed by atoms with Crippen molar-refractivity contribution in [3.8, 4) is 5.75 Å². The van der Waals surface area contributed by atoms with Gasteiger partial charge in [0.05, 0.1) is 24.2 Å². The van der Waals surface area contributed by atoms with Crippen molar-refractivity contribution >= 4 is 74.0 Å². The molecule has 0 radical (unpaired) electrons. The Hall–Kier alpha value is -2.69. The highest BCUT2D eigenvalue weighted by Gasteiger charge is 2.44. The smallest absolute Gasteiger partial charge is 0.256 e. The number of halogens is 2. The average Bonchev–Trinajstić information content (AvgIpc) is 2.99. The molecule has 1 saturated heterocycles. The van der Waals surface area contributed by atoms with Crippen molar-refractivity contribution in [3.05, 3.63) is 52.0 Å². The summed E-state index contributed by atoms with van der Waals surface area (Å²) in [7, 11) is 1.50. The normalized spacial score (nSPS) is 15.6. The molecule has 1 aliphatic rings. The van der Waals surface area contributed by atoms with E-state index in [1.54, 1.807) is 47.4 Å². The van der Waals surface area contributed by atoms with E-state index in [-0.39, 0.29) is 42.3 Å². The topological polar surface area (TPSA) is 91.0 Å². The van der Waals surface area contributed by atoms with E-state index in [1.807, 2.05) is 0 Å². The Bertz CT molecular complexity index is 1080. The molecule has 8 nitrogen and oxygen atoms in total. The Balaban J connectivity index is 1.83. The molecular weight excluding hydrogens is 532 g/mol. The molecule has 3 amide bonds. The van der Waals surface area contributed by atoms with Gasteiger partial charge in [-0.2, -0.15) is 0 Å². The third kappa shape index (κ3) is 6.01. The van der Waals surface area contributed by atoms with Crippen LogP contribution >= 0.6 is 39.7 Å². The van der Waals surface area contributed by atoms with E-state index < -0.39 is 6.04 Å². The number of methoxy groups -OCH3 is 1. The van der Waals surface area contributed by atoms with Crippen LogP contribution in [0, 0.1) is 0 Å². The van der Waals surface area contributed by atoms with Gasteiger partial charge in [-0.1, -0.05) is 27.5 Å². The van der Waals surface area contributed by atoms with E-state index in [0.29, 0.717) is 22.1 Å². The zero-order valence-corrected chi connectivity index (χ0v) is 21.1. The molecule has 0 aliphatic carbocycles. The number of carbonyl (C=O) groups excluding carboxylic acids is 3. The van der Waals surface area contributed by atoms with Gasteiger partial charge < -0.3 is 20.3 Å². The molecule has 1 fully saturated rings. The van der Waals surface area contributed by atoms with Crippen molar-refractivity contribution in [1.82, 2.24) is 10.2 Å². The number of thiocarbonyl (C=S) groups is 1. The van der Waals surface area contributed by atoms with Crippen molar-refractivity contribution < 1.29 is 19.1 Å². The molecule has 2 aromatic carbocycles. The van der Waals surface area contributed by atoms with E-state index in [0.717, 1.165) is 4.47 Å². The first-order chi connectivity index (χ1) is 15.7. The lowest BCUT2D eigenvalue weighted by Crippen LogP contribution is -2.42. The summed E-state index contributed by atoms with van der Waals surface area (Å²) in [5.74, 6) is -0.423. The molecule has 0 spiro atoms. The van der Waals surface area contributed by atoms with Gasteiger partial charge >= 0.3 is 0 Å². The minimum atomic E-state index is -0.831. The third-order valence-electron chi connectivity index (χ3n) is 4.95. The standard InChI is InChI=1S/C22H22BrClN4O4S/c1-13(29)25-9-10-27-18(12-20(30)26-15-5-3-14(23)4-6-15)21(31)28(22(27)33)16-7-8-19(32-2)17(24)11-16/h3-8,11,18H,9-10,12H2,1-2H3,(H,25,29)(H,26,30)/t18-/m0/s1. The number of ether oxygens (including phenoxy) is 1. The molecule has 1 aliphatic heterocycles. The van der Waals surface area contributed by atoms with Crippen LogP contribution in [0.2, 0.25) is 5.02 Å². The predicted molar refractivity (Wildman–Crippen MR) is 135 cm³/mol. The summed E-state index contributed by atoms with van der Waals surface area (Å²) in [5, 5.41) is 6.05. The molecular formula is C22H22BrClN4O4S. The number of amides is 3. The Morgan fingerprint density at radius 2 is 1.91 bits per heavy atom. The Labute approximate surface area is 210 Å². The fourth-order valence-electron chi connectivity index (χ4n) is 3.39. The number of hydrogen-bond donors (Lipinski definition) is 2. The van der Waals surface area contributed by atoms with Gasteiger partial charge in [-0.3, -0.25) is 19.3 Å². The molecule has 0 bridgehead atoms. The highest BCUT2D eigenvalue weighted by Crippen LogP contribution is 2.33. The molecule has 2 aromatic rings. The van der Waals surface area contributed by atoms with Gasteiger partial charge in [0.2, 0.25) is 11.8 Å². The first-order valence-corrected chi connectivity index (χ1v) is 11.6. The van der Waals surface area contributed by atoms with Crippen LogP contribution in [0.1, 0.15) is 13.3 Å². The second-order valence-electron chi connectivity index (χ2n) is 7.23. The number of rotatable bonds is 8. The fraction of sp³-hybridized carbons (Fsp3) is 0.273. The molecule has 0 saturated carbocycles. The summed E-state index contributed by atoms with van der Waals surface area (Å²) in [5.41, 5.74) is 1.08. The number of benzene rings is 2. The maximum Gasteiger partial charge on any atom is 0.256 e.